The van der Waals surface area contributed by atoms with Gasteiger partial charge in [0.05, 0.1) is 12.8 Å². The number of carbonyl (C=O) groups excluding carboxylic acids is 1. The van der Waals surface area contributed by atoms with E-state index in [1.54, 1.807) is 0 Å². The maximum absolute atomic E-state index is 15.4. The van der Waals surface area contributed by atoms with Crippen molar-refractivity contribution >= 4 is 13.4 Å². The minimum atomic E-state index is -3.58. The summed E-state index contributed by atoms with van der Waals surface area (Å²) in [6.45, 7) is 3.93. The van der Waals surface area contributed by atoms with Crippen LogP contribution in [0.2, 0.25) is 0 Å². The number of aliphatic hydroxyl groups excluding tert-OH is 1. The van der Waals surface area contributed by atoms with Gasteiger partial charge in [0, 0.05) is 32.2 Å². The Kier molecular flexibility index (Phi) is 22.2. The maximum Gasteiger partial charge on any atom is 0.330 e. The molecule has 0 saturated carbocycles. The number of aromatic amines is 1. The lowest BCUT2D eigenvalue weighted by Gasteiger charge is -2.24. The first kappa shape index (κ1) is 44.9. The number of H-pyrrole nitrogens is 1. The quantitative estimate of drug-likeness (QED) is 0.0483. The molecule has 5 atom stereocenters. The molecule has 1 aliphatic heterocycles. The summed E-state index contributed by atoms with van der Waals surface area (Å²) in [4.78, 5) is 37.8. The minimum absolute atomic E-state index is 0.0693. The van der Waals surface area contributed by atoms with Crippen molar-refractivity contribution in [3.05, 3.63) is 106 Å². The Morgan fingerprint density at radius 3 is 2.08 bits per heavy atom. The van der Waals surface area contributed by atoms with Crippen LogP contribution in [0, 0.1) is 0 Å². The summed E-state index contributed by atoms with van der Waals surface area (Å²) in [7, 11) is -2.34. The van der Waals surface area contributed by atoms with Gasteiger partial charge in [-0.05, 0) is 77.8 Å². The van der Waals surface area contributed by atoms with Gasteiger partial charge < -0.3 is 24.2 Å². The topological polar surface area (TPSA) is 149 Å². The number of halogens is 1. The summed E-state index contributed by atoms with van der Waals surface area (Å²) in [6.07, 6.45) is 31.2. The molecule has 1 aliphatic rings. The average Bonchev–Trinajstić information content (AvgIpc) is 3.34. The number of nitrogens with one attached hydrogen (secondary N) is 2. The first-order chi connectivity index (χ1) is 25.0. The van der Waals surface area contributed by atoms with E-state index in [9.17, 15) is 24.1 Å². The summed E-state index contributed by atoms with van der Waals surface area (Å²) >= 11 is 0. The van der Waals surface area contributed by atoms with E-state index in [2.05, 4.69) is 79.1 Å². The fourth-order valence-electron chi connectivity index (χ4n) is 5.30. The molecule has 1 saturated heterocycles. The van der Waals surface area contributed by atoms with Gasteiger partial charge in [-0.1, -0.05) is 79.8 Å². The third-order valence-electron chi connectivity index (χ3n) is 8.32. The van der Waals surface area contributed by atoms with Crippen LogP contribution in [0.15, 0.2) is 94.8 Å². The van der Waals surface area contributed by atoms with Crippen LogP contribution in [0.1, 0.15) is 90.7 Å². The number of carbonyl (C=O) groups is 1. The lowest BCUT2D eigenvalue weighted by molar-refractivity contribution is -0.119. The van der Waals surface area contributed by atoms with Crippen LogP contribution in [0.25, 0.3) is 0 Å². The molecule has 2 heterocycles. The Balaban J connectivity index is 1.51. The summed E-state index contributed by atoms with van der Waals surface area (Å²) < 4.78 is 45.5. The first-order valence-electron chi connectivity index (χ1n) is 18.3. The fourth-order valence-corrected chi connectivity index (χ4v) is 6.64. The van der Waals surface area contributed by atoms with E-state index in [1.165, 1.54) is 7.11 Å². The lowest BCUT2D eigenvalue weighted by atomic mass is 9.98. The van der Waals surface area contributed by atoms with Crippen LogP contribution >= 0.6 is 7.60 Å². The largest absolute Gasteiger partial charge is 0.387 e. The molecule has 2 unspecified atom stereocenters. The number of aromatic nitrogens is 2. The molecular formula is C39H59FN3O8P. The van der Waals surface area contributed by atoms with Crippen LogP contribution in [-0.2, 0) is 23.1 Å². The van der Waals surface area contributed by atoms with Crippen molar-refractivity contribution in [2.24, 2.45) is 0 Å². The number of hydrogen-bond acceptors (Lipinski definition) is 9. The second-order valence-electron chi connectivity index (χ2n) is 12.7. The number of alkyl halides is 1. The van der Waals surface area contributed by atoms with E-state index in [-0.39, 0.29) is 11.9 Å². The van der Waals surface area contributed by atoms with Crippen molar-refractivity contribution in [3.63, 3.8) is 0 Å². The third kappa shape index (κ3) is 17.5. The molecule has 0 amide bonds. The second-order valence-corrected chi connectivity index (χ2v) is 14.9. The SMILES string of the molecule is CC/C=C\C/C=C\C/C=C\C/C=C\C/C=C\C/C=C\CCC(=O)CCCNCCCP(=O)(OC)OC[C@H]1OC(n2ccc(=O)[nH]c2=O)[C@](C)(F)[C@@H]1O. The van der Waals surface area contributed by atoms with E-state index in [4.69, 9.17) is 13.8 Å². The molecule has 52 heavy (non-hydrogen) atoms. The summed E-state index contributed by atoms with van der Waals surface area (Å²) in [5, 5.41) is 13.7. The number of nitrogens with zero attached hydrogens (tertiary/aromatic N) is 1. The van der Waals surface area contributed by atoms with E-state index in [1.807, 2.05) is 11.1 Å². The average molecular weight is 748 g/mol. The second kappa shape index (κ2) is 25.7. The highest BCUT2D eigenvalue weighted by atomic mass is 31.2. The Morgan fingerprint density at radius 2 is 1.52 bits per heavy atom. The summed E-state index contributed by atoms with van der Waals surface area (Å²) in [5.74, 6) is 0.215. The number of rotatable bonds is 27. The molecule has 1 fully saturated rings. The van der Waals surface area contributed by atoms with Gasteiger partial charge in [-0.3, -0.25) is 23.7 Å². The van der Waals surface area contributed by atoms with Gasteiger partial charge in [0.25, 0.3) is 5.56 Å². The van der Waals surface area contributed by atoms with E-state index >= 15 is 4.39 Å². The summed E-state index contributed by atoms with van der Waals surface area (Å²) in [6, 6.07) is 1.04. The molecular weight excluding hydrogens is 688 g/mol. The van der Waals surface area contributed by atoms with Crippen LogP contribution < -0.4 is 16.6 Å². The van der Waals surface area contributed by atoms with Crippen molar-refractivity contribution in [2.75, 3.05) is 33.0 Å². The van der Waals surface area contributed by atoms with Gasteiger partial charge in [-0.25, -0.2) is 9.18 Å². The molecule has 0 bridgehead atoms. The monoisotopic (exact) mass is 747 g/mol. The minimum Gasteiger partial charge on any atom is -0.387 e. The van der Waals surface area contributed by atoms with Gasteiger partial charge in [-0.2, -0.15) is 0 Å². The first-order valence-corrected chi connectivity index (χ1v) is 20.0. The molecule has 1 aromatic rings. The van der Waals surface area contributed by atoms with Crippen LogP contribution in [0.4, 0.5) is 4.39 Å². The molecule has 2 rings (SSSR count). The molecule has 1 aromatic heterocycles. The van der Waals surface area contributed by atoms with Crippen molar-refractivity contribution in [1.82, 2.24) is 14.9 Å². The number of allylic oxidation sites excluding steroid dienone is 12. The van der Waals surface area contributed by atoms with Crippen molar-refractivity contribution in [1.29, 1.82) is 0 Å². The number of aliphatic hydroxyl groups is 1. The zero-order valence-electron chi connectivity index (χ0n) is 31.0. The number of hydrogen-bond donors (Lipinski definition) is 3. The normalized spacial score (nSPS) is 22.4. The lowest BCUT2D eigenvalue weighted by Crippen LogP contribution is -2.43. The standard InChI is InChI=1S/C39H59FN3O8P/c1-4-5-6-7-8-9-10-11-12-13-14-15-16-17-18-19-20-21-22-25-33(44)26-23-28-41-29-24-31-52(48,49-3)50-32-34-36(46)39(2,40)37(51-34)43-30-27-35(45)42-38(43)47/h5-6,8-9,11-12,14-15,17-18,20-21,27,30,34,36-37,41,46H,4,7,10,13,16,19,22-26,28-29,31-32H2,1-3H3,(H,42,45,47)/b6-5-,9-8-,12-11-,15-14-,18-17-,21-20-/t34-,36-,37?,39-,52?/m1/s1. The van der Waals surface area contributed by atoms with Gasteiger partial charge in [0.2, 0.25) is 0 Å². The van der Waals surface area contributed by atoms with Crippen molar-refractivity contribution in [2.45, 2.75) is 109 Å². The zero-order valence-corrected chi connectivity index (χ0v) is 31.9. The maximum atomic E-state index is 15.4. The smallest absolute Gasteiger partial charge is 0.330 e. The van der Waals surface area contributed by atoms with E-state index in [0.717, 1.165) is 68.7 Å². The Bertz CT molecular complexity index is 1530. The number of Topliss-reactive ketones (excluding diaryl/α,β-unsaturated/α-hetero) is 1. The van der Waals surface area contributed by atoms with E-state index in [0.29, 0.717) is 38.8 Å². The highest BCUT2D eigenvalue weighted by Gasteiger charge is 2.55. The Morgan fingerprint density at radius 1 is 0.962 bits per heavy atom. The van der Waals surface area contributed by atoms with E-state index < -0.39 is 49.6 Å². The van der Waals surface area contributed by atoms with Gasteiger partial charge in [0.15, 0.2) is 11.9 Å². The molecule has 0 aliphatic carbocycles. The molecule has 0 aromatic carbocycles. The van der Waals surface area contributed by atoms with Gasteiger partial charge >= 0.3 is 13.3 Å². The Hall–Kier alpha value is -3.25. The summed E-state index contributed by atoms with van der Waals surface area (Å²) in [5.41, 5.74) is -3.94. The van der Waals surface area contributed by atoms with Gasteiger partial charge in [0.1, 0.15) is 18.0 Å². The van der Waals surface area contributed by atoms with Crippen molar-refractivity contribution in [3.8, 4) is 0 Å². The Labute approximate surface area is 308 Å². The predicted octanol–water partition coefficient (Wildman–Crippen LogP) is 7.19. The third-order valence-corrected chi connectivity index (χ3v) is 10.3. The van der Waals surface area contributed by atoms with Crippen LogP contribution in [-0.4, -0.2) is 71.3 Å². The highest BCUT2D eigenvalue weighted by molar-refractivity contribution is 7.53. The predicted molar refractivity (Wildman–Crippen MR) is 205 cm³/mol. The van der Waals surface area contributed by atoms with Gasteiger partial charge in [-0.15, -0.1) is 0 Å². The fraction of sp³-hybridized carbons (Fsp3) is 0.564. The molecule has 11 nitrogen and oxygen atoms in total. The molecule has 13 heteroatoms. The zero-order chi connectivity index (χ0) is 38.1. The van der Waals surface area contributed by atoms with Crippen LogP contribution in [0.3, 0.4) is 0 Å². The molecule has 3 N–H and O–H groups in total. The molecule has 290 valence electrons. The molecule has 0 spiro atoms. The van der Waals surface area contributed by atoms with Crippen molar-refractivity contribution < 1.29 is 32.6 Å². The molecule has 0 radical (unpaired) electrons. The highest BCUT2D eigenvalue weighted by Crippen LogP contribution is 2.49. The number of ketones is 1. The van der Waals surface area contributed by atoms with Crippen LogP contribution in [0.5, 0.6) is 0 Å². The number of ether oxygens (including phenoxy) is 1.